The Morgan fingerprint density at radius 3 is 2.35 bits per heavy atom. The van der Waals surface area contributed by atoms with E-state index in [1.54, 1.807) is 0 Å². The highest BCUT2D eigenvalue weighted by molar-refractivity contribution is 6.30. The van der Waals surface area contributed by atoms with Crippen molar-refractivity contribution in [1.82, 2.24) is 4.90 Å². The van der Waals surface area contributed by atoms with Gasteiger partial charge >= 0.3 is 0 Å². The summed E-state index contributed by atoms with van der Waals surface area (Å²) in [4.78, 5) is 2.62. The predicted molar refractivity (Wildman–Crippen MR) is 85.7 cm³/mol. The molecular weight excluding hydrogens is 270 g/mol. The Balaban J connectivity index is 1.44. The number of halogens is 1. The SMILES string of the molecule is Clc1ccc(OCCCCCCN2CCCCC2)cc1. The molecule has 1 aliphatic rings. The maximum absolute atomic E-state index is 5.83. The number of nitrogens with zero attached hydrogens (tertiary/aromatic N) is 1. The van der Waals surface area contributed by atoms with Gasteiger partial charge in [-0.3, -0.25) is 0 Å². The van der Waals surface area contributed by atoms with Gasteiger partial charge in [0.1, 0.15) is 5.75 Å². The minimum atomic E-state index is 0.759. The second kappa shape index (κ2) is 9.25. The van der Waals surface area contributed by atoms with Crippen molar-refractivity contribution in [3.05, 3.63) is 29.3 Å². The maximum Gasteiger partial charge on any atom is 0.119 e. The maximum atomic E-state index is 5.83. The molecule has 1 aliphatic heterocycles. The number of benzene rings is 1. The third kappa shape index (κ3) is 6.15. The van der Waals surface area contributed by atoms with Crippen LogP contribution in [0.2, 0.25) is 5.02 Å². The van der Waals surface area contributed by atoms with Crippen LogP contribution in [0.1, 0.15) is 44.9 Å². The van der Waals surface area contributed by atoms with Crippen molar-refractivity contribution in [3.63, 3.8) is 0 Å². The molecule has 2 rings (SSSR count). The van der Waals surface area contributed by atoms with Gasteiger partial charge in [0.2, 0.25) is 0 Å². The minimum Gasteiger partial charge on any atom is -0.494 e. The van der Waals surface area contributed by atoms with Crippen LogP contribution in [0.5, 0.6) is 5.75 Å². The Morgan fingerprint density at radius 2 is 1.60 bits per heavy atom. The summed E-state index contributed by atoms with van der Waals surface area (Å²) in [7, 11) is 0. The molecule has 1 heterocycles. The van der Waals surface area contributed by atoms with Gasteiger partial charge in [-0.2, -0.15) is 0 Å². The molecule has 1 saturated heterocycles. The average molecular weight is 296 g/mol. The number of piperidine rings is 1. The molecule has 1 fully saturated rings. The molecule has 0 amide bonds. The molecule has 0 spiro atoms. The third-order valence-electron chi connectivity index (χ3n) is 3.90. The van der Waals surface area contributed by atoms with E-state index in [-0.39, 0.29) is 0 Å². The van der Waals surface area contributed by atoms with Crippen molar-refractivity contribution in [2.75, 3.05) is 26.2 Å². The molecule has 0 aromatic heterocycles. The number of hydrogen-bond acceptors (Lipinski definition) is 2. The van der Waals surface area contributed by atoms with Crippen molar-refractivity contribution in [1.29, 1.82) is 0 Å². The molecule has 0 radical (unpaired) electrons. The minimum absolute atomic E-state index is 0.759. The number of hydrogen-bond donors (Lipinski definition) is 0. The summed E-state index contributed by atoms with van der Waals surface area (Å²) in [5, 5.41) is 0.759. The summed E-state index contributed by atoms with van der Waals surface area (Å²) < 4.78 is 5.69. The predicted octanol–water partition coefficient (Wildman–Crippen LogP) is 4.77. The zero-order chi connectivity index (χ0) is 14.0. The van der Waals surface area contributed by atoms with Crippen LogP contribution >= 0.6 is 11.6 Å². The van der Waals surface area contributed by atoms with E-state index >= 15 is 0 Å². The van der Waals surface area contributed by atoms with Gasteiger partial charge in [0, 0.05) is 5.02 Å². The number of rotatable bonds is 8. The molecule has 112 valence electrons. The summed E-state index contributed by atoms with van der Waals surface area (Å²) >= 11 is 5.83. The summed E-state index contributed by atoms with van der Waals surface area (Å²) in [6.45, 7) is 4.74. The largest absolute Gasteiger partial charge is 0.494 e. The van der Waals surface area contributed by atoms with E-state index in [2.05, 4.69) is 4.90 Å². The number of ether oxygens (including phenoxy) is 1. The van der Waals surface area contributed by atoms with E-state index in [9.17, 15) is 0 Å². The van der Waals surface area contributed by atoms with Gasteiger partial charge < -0.3 is 9.64 Å². The third-order valence-corrected chi connectivity index (χ3v) is 4.15. The van der Waals surface area contributed by atoms with Gasteiger partial charge in [-0.25, -0.2) is 0 Å². The van der Waals surface area contributed by atoms with Crippen LogP contribution in [-0.2, 0) is 0 Å². The van der Waals surface area contributed by atoms with Crippen molar-refractivity contribution in [2.24, 2.45) is 0 Å². The molecular formula is C17H26ClNO. The zero-order valence-electron chi connectivity index (χ0n) is 12.3. The van der Waals surface area contributed by atoms with Crippen molar-refractivity contribution < 1.29 is 4.74 Å². The van der Waals surface area contributed by atoms with E-state index in [1.807, 2.05) is 24.3 Å². The van der Waals surface area contributed by atoms with Gasteiger partial charge in [0.25, 0.3) is 0 Å². The van der Waals surface area contributed by atoms with E-state index in [0.29, 0.717) is 0 Å². The normalized spacial score (nSPS) is 16.2. The summed E-state index contributed by atoms with van der Waals surface area (Å²) in [5.41, 5.74) is 0. The molecule has 1 aromatic carbocycles. The van der Waals surface area contributed by atoms with E-state index in [4.69, 9.17) is 16.3 Å². The van der Waals surface area contributed by atoms with E-state index in [0.717, 1.165) is 23.8 Å². The molecule has 3 heteroatoms. The summed E-state index contributed by atoms with van der Waals surface area (Å²) in [6.07, 6.45) is 9.29. The first-order valence-electron chi connectivity index (χ1n) is 7.95. The summed E-state index contributed by atoms with van der Waals surface area (Å²) in [6, 6.07) is 7.60. The first-order valence-corrected chi connectivity index (χ1v) is 8.33. The molecule has 20 heavy (non-hydrogen) atoms. The molecule has 0 bridgehead atoms. The first kappa shape index (κ1) is 15.7. The molecule has 0 unspecified atom stereocenters. The van der Waals surface area contributed by atoms with Gasteiger partial charge in [0.15, 0.2) is 0 Å². The lowest BCUT2D eigenvalue weighted by atomic mass is 10.1. The van der Waals surface area contributed by atoms with Crippen LogP contribution in [0, 0.1) is 0 Å². The Labute approximate surface area is 128 Å². The highest BCUT2D eigenvalue weighted by Crippen LogP contribution is 2.16. The fourth-order valence-electron chi connectivity index (χ4n) is 2.69. The summed E-state index contributed by atoms with van der Waals surface area (Å²) in [5.74, 6) is 0.919. The smallest absolute Gasteiger partial charge is 0.119 e. The first-order chi connectivity index (χ1) is 9.84. The molecule has 0 atom stereocenters. The van der Waals surface area contributed by atoms with E-state index in [1.165, 1.54) is 58.2 Å². The Hall–Kier alpha value is -0.730. The Bertz CT molecular complexity index is 360. The second-order valence-electron chi connectivity index (χ2n) is 5.62. The second-order valence-corrected chi connectivity index (χ2v) is 6.06. The van der Waals surface area contributed by atoms with Crippen LogP contribution in [0.3, 0.4) is 0 Å². The zero-order valence-corrected chi connectivity index (χ0v) is 13.1. The highest BCUT2D eigenvalue weighted by Gasteiger charge is 2.08. The van der Waals surface area contributed by atoms with Crippen molar-refractivity contribution in [3.8, 4) is 5.75 Å². The fourth-order valence-corrected chi connectivity index (χ4v) is 2.82. The van der Waals surface area contributed by atoms with Gasteiger partial charge in [-0.15, -0.1) is 0 Å². The Kier molecular flexibility index (Phi) is 7.24. The van der Waals surface area contributed by atoms with Crippen LogP contribution in [0.15, 0.2) is 24.3 Å². The number of unbranched alkanes of at least 4 members (excludes halogenated alkanes) is 3. The van der Waals surface area contributed by atoms with Crippen LogP contribution in [-0.4, -0.2) is 31.1 Å². The lowest BCUT2D eigenvalue weighted by molar-refractivity contribution is 0.223. The standard InChI is InChI=1S/C17H26ClNO/c18-16-8-10-17(11-9-16)20-15-7-2-1-4-12-19-13-5-3-6-14-19/h8-11H,1-7,12-15H2. The molecule has 0 aliphatic carbocycles. The van der Waals surface area contributed by atoms with Crippen LogP contribution < -0.4 is 4.74 Å². The number of likely N-dealkylation sites (tertiary alicyclic amines) is 1. The molecule has 0 saturated carbocycles. The van der Waals surface area contributed by atoms with Gasteiger partial charge in [-0.1, -0.05) is 30.9 Å². The quantitative estimate of drug-likeness (QED) is 0.641. The lowest BCUT2D eigenvalue weighted by Gasteiger charge is -2.26. The van der Waals surface area contributed by atoms with Gasteiger partial charge in [0.05, 0.1) is 6.61 Å². The molecule has 0 N–H and O–H groups in total. The monoisotopic (exact) mass is 295 g/mol. The van der Waals surface area contributed by atoms with Crippen LogP contribution in [0.4, 0.5) is 0 Å². The fraction of sp³-hybridized carbons (Fsp3) is 0.647. The Morgan fingerprint density at radius 1 is 0.900 bits per heavy atom. The molecule has 1 aromatic rings. The van der Waals surface area contributed by atoms with Crippen LogP contribution in [0.25, 0.3) is 0 Å². The van der Waals surface area contributed by atoms with Crippen molar-refractivity contribution >= 4 is 11.6 Å². The topological polar surface area (TPSA) is 12.5 Å². The molecule has 2 nitrogen and oxygen atoms in total. The highest BCUT2D eigenvalue weighted by atomic mass is 35.5. The van der Waals surface area contributed by atoms with E-state index < -0.39 is 0 Å². The lowest BCUT2D eigenvalue weighted by Crippen LogP contribution is -2.30. The average Bonchev–Trinajstić information content (AvgIpc) is 2.49. The van der Waals surface area contributed by atoms with Gasteiger partial charge in [-0.05, 0) is 69.6 Å². The van der Waals surface area contributed by atoms with Crippen molar-refractivity contribution in [2.45, 2.75) is 44.9 Å².